The summed E-state index contributed by atoms with van der Waals surface area (Å²) in [4.78, 5) is 33.0. The summed E-state index contributed by atoms with van der Waals surface area (Å²) in [5.74, 6) is 1.28. The van der Waals surface area contributed by atoms with Crippen molar-refractivity contribution >= 4 is 34.8 Å². The number of methoxy groups -OCH3 is 2. The van der Waals surface area contributed by atoms with Crippen molar-refractivity contribution in [2.45, 2.75) is 19.4 Å². The van der Waals surface area contributed by atoms with Crippen molar-refractivity contribution in [3.05, 3.63) is 45.1 Å². The van der Waals surface area contributed by atoms with Crippen LogP contribution in [0.25, 0.3) is 0 Å². The summed E-state index contributed by atoms with van der Waals surface area (Å²) in [5.41, 5.74) is 1.07. The van der Waals surface area contributed by atoms with Crippen LogP contribution >= 0.6 is 22.9 Å². The SMILES string of the molecule is COc1ccc(CCN2CC(C(=O)N3CCN(Cc4ccc(Cl)s4)CC3)CC2=O)cc1OC. The van der Waals surface area contributed by atoms with E-state index >= 15 is 0 Å². The lowest BCUT2D eigenvalue weighted by molar-refractivity contribution is -0.137. The molecule has 178 valence electrons. The highest BCUT2D eigenvalue weighted by molar-refractivity contribution is 7.16. The van der Waals surface area contributed by atoms with Gasteiger partial charge in [-0.15, -0.1) is 11.3 Å². The van der Waals surface area contributed by atoms with Gasteiger partial charge in [-0.2, -0.15) is 0 Å². The van der Waals surface area contributed by atoms with Crippen molar-refractivity contribution in [1.29, 1.82) is 0 Å². The molecule has 2 saturated heterocycles. The summed E-state index contributed by atoms with van der Waals surface area (Å²) in [6, 6.07) is 9.78. The van der Waals surface area contributed by atoms with Gasteiger partial charge >= 0.3 is 0 Å². The molecule has 2 aromatic rings. The van der Waals surface area contributed by atoms with E-state index in [1.54, 1.807) is 25.6 Å². The van der Waals surface area contributed by atoms with E-state index < -0.39 is 0 Å². The minimum absolute atomic E-state index is 0.0574. The third-order valence-electron chi connectivity index (χ3n) is 6.37. The first kappa shape index (κ1) is 23.9. The molecule has 1 unspecified atom stereocenters. The Morgan fingerprint density at radius 3 is 2.52 bits per heavy atom. The molecule has 0 N–H and O–H groups in total. The largest absolute Gasteiger partial charge is 0.493 e. The number of rotatable bonds is 8. The maximum Gasteiger partial charge on any atom is 0.228 e. The molecular formula is C24H30ClN3O4S. The fourth-order valence-electron chi connectivity index (χ4n) is 4.50. The lowest BCUT2D eigenvalue weighted by Gasteiger charge is -2.35. The number of likely N-dealkylation sites (tertiary alicyclic amines) is 1. The van der Waals surface area contributed by atoms with Gasteiger partial charge in [0.1, 0.15) is 0 Å². The second kappa shape index (κ2) is 10.8. The summed E-state index contributed by atoms with van der Waals surface area (Å²) >= 11 is 7.63. The molecule has 33 heavy (non-hydrogen) atoms. The van der Waals surface area contributed by atoms with Gasteiger partial charge in [-0.1, -0.05) is 17.7 Å². The Balaban J connectivity index is 1.25. The zero-order chi connectivity index (χ0) is 23.4. The van der Waals surface area contributed by atoms with Gasteiger partial charge in [0.15, 0.2) is 11.5 Å². The van der Waals surface area contributed by atoms with Gasteiger partial charge in [-0.05, 0) is 36.2 Å². The van der Waals surface area contributed by atoms with Gasteiger partial charge < -0.3 is 19.3 Å². The third kappa shape index (κ3) is 5.80. The van der Waals surface area contributed by atoms with Crippen LogP contribution in [0.4, 0.5) is 0 Å². The highest BCUT2D eigenvalue weighted by Gasteiger charge is 2.37. The molecule has 0 bridgehead atoms. The van der Waals surface area contributed by atoms with Gasteiger partial charge in [0.2, 0.25) is 11.8 Å². The van der Waals surface area contributed by atoms with Gasteiger partial charge in [-0.25, -0.2) is 0 Å². The van der Waals surface area contributed by atoms with Crippen molar-refractivity contribution in [3.63, 3.8) is 0 Å². The van der Waals surface area contributed by atoms with E-state index in [-0.39, 0.29) is 17.7 Å². The minimum Gasteiger partial charge on any atom is -0.493 e. The van der Waals surface area contributed by atoms with Crippen LogP contribution < -0.4 is 9.47 Å². The van der Waals surface area contributed by atoms with Crippen molar-refractivity contribution in [1.82, 2.24) is 14.7 Å². The number of halogens is 1. The molecule has 4 rings (SSSR count). The average Bonchev–Trinajstić information content (AvgIpc) is 3.42. The van der Waals surface area contributed by atoms with E-state index in [4.69, 9.17) is 21.1 Å². The lowest BCUT2D eigenvalue weighted by Crippen LogP contribution is -2.50. The first-order valence-electron chi connectivity index (χ1n) is 11.2. The Kier molecular flexibility index (Phi) is 7.78. The molecule has 9 heteroatoms. The summed E-state index contributed by atoms with van der Waals surface area (Å²) < 4.78 is 11.5. The molecule has 2 fully saturated rings. The maximum atomic E-state index is 13.1. The quantitative estimate of drug-likeness (QED) is 0.567. The molecule has 1 aromatic heterocycles. The molecule has 1 aromatic carbocycles. The number of piperazine rings is 1. The molecule has 7 nitrogen and oxygen atoms in total. The third-order valence-corrected chi connectivity index (χ3v) is 7.59. The Bertz CT molecular complexity index is 990. The zero-order valence-corrected chi connectivity index (χ0v) is 20.7. The van der Waals surface area contributed by atoms with Crippen LogP contribution in [0.15, 0.2) is 30.3 Å². The molecular weight excluding hydrogens is 462 g/mol. The number of benzene rings is 1. The van der Waals surface area contributed by atoms with Crippen LogP contribution in [0.5, 0.6) is 11.5 Å². The van der Waals surface area contributed by atoms with Crippen molar-refractivity contribution in [2.75, 3.05) is 53.5 Å². The predicted molar refractivity (Wildman–Crippen MR) is 129 cm³/mol. The van der Waals surface area contributed by atoms with Gasteiger partial charge in [0.25, 0.3) is 0 Å². The van der Waals surface area contributed by atoms with Crippen LogP contribution in [-0.4, -0.2) is 80.0 Å². The molecule has 0 spiro atoms. The number of carbonyl (C=O) groups is 2. The van der Waals surface area contributed by atoms with Crippen molar-refractivity contribution in [2.24, 2.45) is 5.92 Å². The molecule has 3 heterocycles. The van der Waals surface area contributed by atoms with Crippen LogP contribution in [0.1, 0.15) is 16.9 Å². The summed E-state index contributed by atoms with van der Waals surface area (Å²) in [6.07, 6.45) is 1.01. The molecule has 1 atom stereocenters. The average molecular weight is 492 g/mol. The first-order chi connectivity index (χ1) is 16.0. The number of thiophene rings is 1. The van der Waals surface area contributed by atoms with Crippen LogP contribution in [-0.2, 0) is 22.6 Å². The lowest BCUT2D eigenvalue weighted by atomic mass is 10.1. The second-order valence-electron chi connectivity index (χ2n) is 8.49. The van der Waals surface area contributed by atoms with Crippen LogP contribution in [0.2, 0.25) is 4.34 Å². The minimum atomic E-state index is -0.245. The van der Waals surface area contributed by atoms with Gasteiger partial charge in [-0.3, -0.25) is 14.5 Å². The summed E-state index contributed by atoms with van der Waals surface area (Å²) in [7, 11) is 3.22. The zero-order valence-electron chi connectivity index (χ0n) is 19.1. The van der Waals surface area contributed by atoms with E-state index in [9.17, 15) is 9.59 Å². The molecule has 2 aliphatic rings. The molecule has 0 aliphatic carbocycles. The second-order valence-corrected chi connectivity index (χ2v) is 10.3. The van der Waals surface area contributed by atoms with E-state index in [1.165, 1.54) is 4.88 Å². The summed E-state index contributed by atoms with van der Waals surface area (Å²) in [6.45, 7) is 5.04. The fraction of sp³-hybridized carbons (Fsp3) is 0.500. The van der Waals surface area contributed by atoms with Gasteiger partial charge in [0.05, 0.1) is 24.5 Å². The fourth-order valence-corrected chi connectivity index (χ4v) is 5.63. The normalized spacial score (nSPS) is 19.2. The molecule has 0 saturated carbocycles. The number of hydrogen-bond acceptors (Lipinski definition) is 6. The Morgan fingerprint density at radius 1 is 1.09 bits per heavy atom. The number of carbonyl (C=O) groups excluding carboxylic acids is 2. The highest BCUT2D eigenvalue weighted by Crippen LogP contribution is 2.28. The number of nitrogens with zero attached hydrogens (tertiary/aromatic N) is 3. The number of amides is 2. The first-order valence-corrected chi connectivity index (χ1v) is 12.4. The topological polar surface area (TPSA) is 62.3 Å². The summed E-state index contributed by atoms with van der Waals surface area (Å²) in [5, 5.41) is 0. The highest BCUT2D eigenvalue weighted by atomic mass is 35.5. The smallest absolute Gasteiger partial charge is 0.228 e. The van der Waals surface area contributed by atoms with E-state index in [0.717, 1.165) is 29.5 Å². The Labute approximate surface area is 203 Å². The molecule has 2 aliphatic heterocycles. The Hall–Kier alpha value is -2.29. The van der Waals surface area contributed by atoms with Crippen LogP contribution in [0, 0.1) is 5.92 Å². The molecule has 0 radical (unpaired) electrons. The van der Waals surface area contributed by atoms with E-state index in [1.807, 2.05) is 34.1 Å². The number of ether oxygens (including phenoxy) is 2. The monoisotopic (exact) mass is 491 g/mol. The van der Waals surface area contributed by atoms with E-state index in [0.29, 0.717) is 50.5 Å². The maximum absolute atomic E-state index is 13.1. The van der Waals surface area contributed by atoms with Crippen LogP contribution in [0.3, 0.4) is 0 Å². The van der Waals surface area contributed by atoms with E-state index in [2.05, 4.69) is 11.0 Å². The Morgan fingerprint density at radius 2 is 1.85 bits per heavy atom. The standard InChI is InChI=1S/C24H30ClN3O4S/c1-31-20-5-3-17(13-21(20)32-2)7-8-28-15-18(14-23(28)29)24(30)27-11-9-26(10-12-27)16-19-4-6-22(25)33-19/h3-6,13,18H,7-12,14-16H2,1-2H3. The van der Waals surface area contributed by atoms with Gasteiger partial charge in [0, 0.05) is 57.1 Å². The van der Waals surface area contributed by atoms with Crippen molar-refractivity contribution < 1.29 is 19.1 Å². The number of hydrogen-bond donors (Lipinski definition) is 0. The van der Waals surface area contributed by atoms with Crippen molar-refractivity contribution in [3.8, 4) is 11.5 Å². The molecule has 2 amide bonds. The predicted octanol–water partition coefficient (Wildman–Crippen LogP) is 3.15.